The molecule has 1 aromatic carbocycles. The normalized spacial score (nSPS) is 25.6. The molecule has 4 N–H and O–H groups in total. The van der Waals surface area contributed by atoms with Crippen molar-refractivity contribution in [2.24, 2.45) is 5.73 Å². The van der Waals surface area contributed by atoms with E-state index in [2.05, 4.69) is 5.32 Å². The number of nitrogens with one attached hydrogen (secondary N) is 1. The minimum atomic E-state index is 0.326. The molecule has 0 spiro atoms. The van der Waals surface area contributed by atoms with E-state index >= 15 is 0 Å². The van der Waals surface area contributed by atoms with Gasteiger partial charge >= 0.3 is 0 Å². The lowest BCUT2D eigenvalue weighted by atomic mass is 9.92. The molecule has 3 heteroatoms. The average molecular weight is 220 g/mol. The lowest BCUT2D eigenvalue weighted by Gasteiger charge is -2.26. The Balaban J connectivity index is 1.77. The van der Waals surface area contributed by atoms with Gasteiger partial charge in [-0.1, -0.05) is 12.1 Å². The van der Waals surface area contributed by atoms with E-state index in [9.17, 15) is 0 Å². The lowest BCUT2D eigenvalue weighted by molar-refractivity contribution is 0.342. The fraction of sp³-hybridized carbons (Fsp3) is 0.538. The molecular weight excluding hydrogens is 200 g/mol. The molecule has 0 heterocycles. The number of benzene rings is 1. The van der Waals surface area contributed by atoms with Gasteiger partial charge in [0, 0.05) is 18.6 Å². The minimum Gasteiger partial charge on any atom is -0.508 e. The third-order valence-electron chi connectivity index (χ3n) is 3.30. The summed E-state index contributed by atoms with van der Waals surface area (Å²) in [7, 11) is 0. The van der Waals surface area contributed by atoms with Gasteiger partial charge in [-0.15, -0.1) is 0 Å². The molecule has 0 saturated heterocycles. The summed E-state index contributed by atoms with van der Waals surface area (Å²) >= 11 is 0. The maximum Gasteiger partial charge on any atom is 0.115 e. The summed E-state index contributed by atoms with van der Waals surface area (Å²) in [6.07, 6.45) is 4.62. The van der Waals surface area contributed by atoms with E-state index in [0.29, 0.717) is 17.8 Å². The summed E-state index contributed by atoms with van der Waals surface area (Å²) in [6, 6.07) is 8.38. The van der Waals surface area contributed by atoms with Crippen LogP contribution in [0.3, 0.4) is 0 Å². The van der Waals surface area contributed by atoms with Crippen LogP contribution in [0.5, 0.6) is 5.75 Å². The highest BCUT2D eigenvalue weighted by atomic mass is 16.3. The summed E-state index contributed by atoms with van der Waals surface area (Å²) in [5, 5.41) is 12.7. The van der Waals surface area contributed by atoms with Crippen LogP contribution in [-0.2, 0) is 6.54 Å². The fourth-order valence-electron chi connectivity index (χ4n) is 2.20. The summed E-state index contributed by atoms with van der Waals surface area (Å²) in [6.45, 7) is 0.875. The monoisotopic (exact) mass is 220 g/mol. The molecule has 1 aliphatic rings. The summed E-state index contributed by atoms with van der Waals surface area (Å²) in [5.74, 6) is 0.326. The van der Waals surface area contributed by atoms with Crippen LogP contribution in [0.25, 0.3) is 0 Å². The van der Waals surface area contributed by atoms with Crippen LogP contribution >= 0.6 is 0 Å². The second-order valence-corrected chi connectivity index (χ2v) is 4.66. The summed E-state index contributed by atoms with van der Waals surface area (Å²) in [5.41, 5.74) is 7.08. The molecule has 1 saturated carbocycles. The van der Waals surface area contributed by atoms with Crippen molar-refractivity contribution in [2.45, 2.75) is 44.3 Å². The van der Waals surface area contributed by atoms with Crippen molar-refractivity contribution in [2.75, 3.05) is 0 Å². The van der Waals surface area contributed by atoms with Crippen LogP contribution in [0.15, 0.2) is 24.3 Å². The third kappa shape index (κ3) is 3.22. The summed E-state index contributed by atoms with van der Waals surface area (Å²) in [4.78, 5) is 0. The second kappa shape index (κ2) is 5.32. The Bertz CT molecular complexity index is 315. The van der Waals surface area contributed by atoms with Gasteiger partial charge in [0.25, 0.3) is 0 Å². The molecule has 0 bridgehead atoms. The number of hydrogen-bond acceptors (Lipinski definition) is 3. The predicted molar refractivity (Wildman–Crippen MR) is 65.2 cm³/mol. The molecule has 0 atom stereocenters. The maximum absolute atomic E-state index is 9.17. The predicted octanol–water partition coefficient (Wildman–Crippen LogP) is 1.75. The van der Waals surface area contributed by atoms with Gasteiger partial charge < -0.3 is 16.2 Å². The Labute approximate surface area is 96.7 Å². The van der Waals surface area contributed by atoms with Crippen molar-refractivity contribution in [3.05, 3.63) is 29.8 Å². The van der Waals surface area contributed by atoms with Gasteiger partial charge in [0.2, 0.25) is 0 Å². The highest BCUT2D eigenvalue weighted by molar-refractivity contribution is 5.25. The van der Waals surface area contributed by atoms with Crippen molar-refractivity contribution in [3.8, 4) is 5.75 Å². The van der Waals surface area contributed by atoms with Crippen LogP contribution in [0.4, 0.5) is 0 Å². The first-order valence-electron chi connectivity index (χ1n) is 6.01. The Morgan fingerprint density at radius 2 is 1.75 bits per heavy atom. The van der Waals surface area contributed by atoms with Crippen molar-refractivity contribution in [3.63, 3.8) is 0 Å². The number of rotatable bonds is 3. The minimum absolute atomic E-state index is 0.326. The van der Waals surface area contributed by atoms with Crippen molar-refractivity contribution in [1.29, 1.82) is 0 Å². The maximum atomic E-state index is 9.17. The number of aromatic hydroxyl groups is 1. The van der Waals surface area contributed by atoms with Crippen LogP contribution in [-0.4, -0.2) is 17.2 Å². The van der Waals surface area contributed by atoms with Crippen molar-refractivity contribution < 1.29 is 5.11 Å². The van der Waals surface area contributed by atoms with E-state index in [1.807, 2.05) is 12.1 Å². The zero-order valence-electron chi connectivity index (χ0n) is 9.52. The van der Waals surface area contributed by atoms with Gasteiger partial charge in [-0.3, -0.25) is 0 Å². The number of nitrogens with two attached hydrogens (primary N) is 1. The first-order valence-corrected chi connectivity index (χ1v) is 6.01. The van der Waals surface area contributed by atoms with E-state index in [1.165, 1.54) is 18.4 Å². The molecule has 1 fully saturated rings. The molecular formula is C13H20N2O. The standard InChI is InChI=1S/C13H20N2O/c14-11-3-5-12(6-4-11)15-9-10-1-7-13(16)8-2-10/h1-2,7-8,11-12,15-16H,3-6,9,14H2. The Morgan fingerprint density at radius 1 is 1.12 bits per heavy atom. The first-order chi connectivity index (χ1) is 7.74. The van der Waals surface area contributed by atoms with Gasteiger partial charge in [0.15, 0.2) is 0 Å². The van der Waals surface area contributed by atoms with Gasteiger partial charge in [-0.05, 0) is 43.4 Å². The largest absolute Gasteiger partial charge is 0.508 e. The zero-order valence-corrected chi connectivity index (χ0v) is 9.52. The molecule has 1 aromatic rings. The highest BCUT2D eigenvalue weighted by Crippen LogP contribution is 2.17. The smallest absolute Gasteiger partial charge is 0.115 e. The quantitative estimate of drug-likeness (QED) is 0.727. The van der Waals surface area contributed by atoms with Crippen LogP contribution in [0.2, 0.25) is 0 Å². The molecule has 1 aliphatic carbocycles. The first kappa shape index (κ1) is 11.4. The number of phenols is 1. The van der Waals surface area contributed by atoms with Crippen LogP contribution in [0, 0.1) is 0 Å². The second-order valence-electron chi connectivity index (χ2n) is 4.66. The Hall–Kier alpha value is -1.06. The van der Waals surface area contributed by atoms with Crippen molar-refractivity contribution in [1.82, 2.24) is 5.32 Å². The molecule has 88 valence electrons. The summed E-state index contributed by atoms with van der Waals surface area (Å²) < 4.78 is 0. The fourth-order valence-corrected chi connectivity index (χ4v) is 2.20. The average Bonchev–Trinajstić information content (AvgIpc) is 2.30. The third-order valence-corrected chi connectivity index (χ3v) is 3.30. The van der Waals surface area contributed by atoms with Gasteiger partial charge in [-0.2, -0.15) is 0 Å². The van der Waals surface area contributed by atoms with Gasteiger partial charge in [-0.25, -0.2) is 0 Å². The molecule has 0 aromatic heterocycles. The SMILES string of the molecule is NC1CCC(NCc2ccc(O)cc2)CC1. The van der Waals surface area contributed by atoms with Gasteiger partial charge in [0.05, 0.1) is 0 Å². The molecule has 3 nitrogen and oxygen atoms in total. The van der Waals surface area contributed by atoms with E-state index < -0.39 is 0 Å². The van der Waals surface area contributed by atoms with Crippen LogP contribution in [0.1, 0.15) is 31.2 Å². The number of phenolic OH excluding ortho intramolecular Hbond substituents is 1. The van der Waals surface area contributed by atoms with E-state index in [1.54, 1.807) is 12.1 Å². The Kier molecular flexibility index (Phi) is 3.80. The van der Waals surface area contributed by atoms with E-state index in [4.69, 9.17) is 10.8 Å². The molecule has 0 unspecified atom stereocenters. The van der Waals surface area contributed by atoms with E-state index in [-0.39, 0.29) is 0 Å². The molecule has 0 aliphatic heterocycles. The van der Waals surface area contributed by atoms with Gasteiger partial charge in [0.1, 0.15) is 5.75 Å². The Morgan fingerprint density at radius 3 is 2.38 bits per heavy atom. The molecule has 2 rings (SSSR count). The molecule has 0 amide bonds. The van der Waals surface area contributed by atoms with Crippen molar-refractivity contribution >= 4 is 0 Å². The van der Waals surface area contributed by atoms with Crippen LogP contribution < -0.4 is 11.1 Å². The highest BCUT2D eigenvalue weighted by Gasteiger charge is 2.17. The lowest BCUT2D eigenvalue weighted by Crippen LogP contribution is -2.36. The topological polar surface area (TPSA) is 58.3 Å². The molecule has 16 heavy (non-hydrogen) atoms. The molecule has 0 radical (unpaired) electrons. The zero-order chi connectivity index (χ0) is 11.4. The van der Waals surface area contributed by atoms with E-state index in [0.717, 1.165) is 19.4 Å². The number of hydrogen-bond donors (Lipinski definition) is 3.